The van der Waals surface area contributed by atoms with Crippen molar-refractivity contribution in [3.05, 3.63) is 30.3 Å². The molecular formula is C12H16ClNO2. The highest BCUT2D eigenvalue weighted by atomic mass is 35.5. The Hall–Kier alpha value is -1.06. The van der Waals surface area contributed by atoms with Gasteiger partial charge in [-0.25, -0.2) is 0 Å². The number of carbonyl (C=O) groups is 1. The monoisotopic (exact) mass is 241 g/mol. The minimum Gasteiger partial charge on any atom is -0.364 e. The molecule has 0 saturated heterocycles. The SMILES string of the molecule is CCC(Cl)C(=O)N(COC)c1ccccc1. The van der Waals surface area contributed by atoms with Crippen LogP contribution in [0.25, 0.3) is 0 Å². The number of hydrogen-bond acceptors (Lipinski definition) is 2. The Kier molecular flexibility index (Phi) is 5.29. The smallest absolute Gasteiger partial charge is 0.246 e. The van der Waals surface area contributed by atoms with Gasteiger partial charge in [-0.05, 0) is 18.6 Å². The highest BCUT2D eigenvalue weighted by Gasteiger charge is 2.21. The van der Waals surface area contributed by atoms with Crippen LogP contribution in [0, 0.1) is 0 Å². The Morgan fingerprint density at radius 1 is 1.44 bits per heavy atom. The molecule has 3 nitrogen and oxygen atoms in total. The summed E-state index contributed by atoms with van der Waals surface area (Å²) in [5.41, 5.74) is 0.799. The van der Waals surface area contributed by atoms with E-state index in [1.807, 2.05) is 37.3 Å². The van der Waals surface area contributed by atoms with E-state index < -0.39 is 5.38 Å². The number of rotatable bonds is 5. The van der Waals surface area contributed by atoms with Crippen molar-refractivity contribution in [3.8, 4) is 0 Å². The Balaban J connectivity index is 2.87. The maximum Gasteiger partial charge on any atom is 0.246 e. The van der Waals surface area contributed by atoms with Gasteiger partial charge in [-0.3, -0.25) is 9.69 Å². The van der Waals surface area contributed by atoms with E-state index in [4.69, 9.17) is 16.3 Å². The molecular weight excluding hydrogens is 226 g/mol. The molecule has 1 amide bonds. The molecule has 1 aromatic carbocycles. The van der Waals surface area contributed by atoms with Crippen molar-refractivity contribution >= 4 is 23.2 Å². The van der Waals surface area contributed by atoms with Gasteiger partial charge in [0.05, 0.1) is 0 Å². The molecule has 1 aromatic rings. The number of benzene rings is 1. The summed E-state index contributed by atoms with van der Waals surface area (Å²) < 4.78 is 5.02. The highest BCUT2D eigenvalue weighted by Crippen LogP contribution is 2.17. The van der Waals surface area contributed by atoms with Crippen molar-refractivity contribution in [2.45, 2.75) is 18.7 Å². The van der Waals surface area contributed by atoms with E-state index in [2.05, 4.69) is 0 Å². The van der Waals surface area contributed by atoms with E-state index in [1.54, 1.807) is 12.0 Å². The van der Waals surface area contributed by atoms with Crippen molar-refractivity contribution in [2.75, 3.05) is 18.7 Å². The number of nitrogens with zero attached hydrogens (tertiary/aromatic N) is 1. The van der Waals surface area contributed by atoms with Crippen LogP contribution < -0.4 is 4.90 Å². The van der Waals surface area contributed by atoms with Crippen LogP contribution in [0.1, 0.15) is 13.3 Å². The molecule has 4 heteroatoms. The van der Waals surface area contributed by atoms with Crippen molar-refractivity contribution in [1.82, 2.24) is 0 Å². The van der Waals surface area contributed by atoms with Gasteiger partial charge < -0.3 is 4.74 Å². The highest BCUT2D eigenvalue weighted by molar-refractivity contribution is 6.32. The first-order valence-corrected chi connectivity index (χ1v) is 5.63. The number of halogens is 1. The largest absolute Gasteiger partial charge is 0.364 e. The molecule has 0 saturated carbocycles. The topological polar surface area (TPSA) is 29.5 Å². The van der Waals surface area contributed by atoms with Crippen LogP contribution in [0.3, 0.4) is 0 Å². The molecule has 0 aliphatic carbocycles. The number of anilines is 1. The van der Waals surface area contributed by atoms with E-state index in [-0.39, 0.29) is 12.6 Å². The maximum absolute atomic E-state index is 12.0. The second-order valence-corrected chi connectivity index (χ2v) is 3.92. The molecule has 16 heavy (non-hydrogen) atoms. The zero-order valence-corrected chi connectivity index (χ0v) is 10.3. The second kappa shape index (κ2) is 6.51. The van der Waals surface area contributed by atoms with Crippen molar-refractivity contribution in [3.63, 3.8) is 0 Å². The molecule has 0 spiro atoms. The Bertz CT molecular complexity index is 329. The van der Waals surface area contributed by atoms with Gasteiger partial charge >= 0.3 is 0 Å². The third-order valence-electron chi connectivity index (χ3n) is 2.22. The fraction of sp³-hybridized carbons (Fsp3) is 0.417. The summed E-state index contributed by atoms with van der Waals surface area (Å²) in [5.74, 6) is -0.128. The van der Waals surface area contributed by atoms with Gasteiger partial charge in [-0.15, -0.1) is 11.6 Å². The summed E-state index contributed by atoms with van der Waals surface area (Å²) in [5, 5.41) is -0.504. The summed E-state index contributed by atoms with van der Waals surface area (Å²) in [7, 11) is 1.55. The van der Waals surface area contributed by atoms with Crippen LogP contribution in [-0.4, -0.2) is 25.1 Å². The van der Waals surface area contributed by atoms with Crippen molar-refractivity contribution in [2.24, 2.45) is 0 Å². The zero-order valence-electron chi connectivity index (χ0n) is 9.52. The Morgan fingerprint density at radius 2 is 2.06 bits per heavy atom. The van der Waals surface area contributed by atoms with E-state index >= 15 is 0 Å². The molecule has 0 radical (unpaired) electrons. The van der Waals surface area contributed by atoms with Gasteiger partial charge in [0.25, 0.3) is 0 Å². The first-order valence-electron chi connectivity index (χ1n) is 5.20. The molecule has 0 N–H and O–H groups in total. The van der Waals surface area contributed by atoms with Crippen LogP contribution in [0.2, 0.25) is 0 Å². The summed E-state index contributed by atoms with van der Waals surface area (Å²) >= 11 is 5.95. The lowest BCUT2D eigenvalue weighted by atomic mass is 10.2. The lowest BCUT2D eigenvalue weighted by molar-refractivity contribution is -0.119. The van der Waals surface area contributed by atoms with Gasteiger partial charge in [0.2, 0.25) is 5.91 Å². The van der Waals surface area contributed by atoms with Crippen LogP contribution >= 0.6 is 11.6 Å². The quantitative estimate of drug-likeness (QED) is 0.586. The first kappa shape index (κ1) is 13.0. The number of hydrogen-bond donors (Lipinski definition) is 0. The summed E-state index contributed by atoms with van der Waals surface area (Å²) in [6.45, 7) is 2.09. The summed E-state index contributed by atoms with van der Waals surface area (Å²) in [6, 6.07) is 9.37. The van der Waals surface area contributed by atoms with E-state index in [0.717, 1.165) is 5.69 Å². The summed E-state index contributed by atoms with van der Waals surface area (Å²) in [6.07, 6.45) is 0.605. The molecule has 0 heterocycles. The number of alkyl halides is 1. The predicted octanol–water partition coefficient (Wildman–Crippen LogP) is 2.64. The van der Waals surface area contributed by atoms with E-state index in [9.17, 15) is 4.79 Å². The van der Waals surface area contributed by atoms with Crippen LogP contribution in [0.4, 0.5) is 5.69 Å². The molecule has 0 bridgehead atoms. The Labute approximate surface area is 101 Å². The van der Waals surface area contributed by atoms with Gasteiger partial charge in [0.15, 0.2) is 0 Å². The molecule has 0 fully saturated rings. The Morgan fingerprint density at radius 3 is 2.56 bits per heavy atom. The first-order chi connectivity index (χ1) is 7.70. The molecule has 88 valence electrons. The number of carbonyl (C=O) groups excluding carboxylic acids is 1. The number of amides is 1. The minimum atomic E-state index is -0.504. The molecule has 1 atom stereocenters. The fourth-order valence-electron chi connectivity index (χ4n) is 1.35. The molecule has 0 aliphatic rings. The van der Waals surface area contributed by atoms with Gasteiger partial charge in [0, 0.05) is 12.8 Å². The van der Waals surface area contributed by atoms with Crippen molar-refractivity contribution in [1.29, 1.82) is 0 Å². The van der Waals surface area contributed by atoms with E-state index in [0.29, 0.717) is 6.42 Å². The van der Waals surface area contributed by atoms with Gasteiger partial charge in [-0.1, -0.05) is 25.1 Å². The third-order valence-corrected chi connectivity index (χ3v) is 2.71. The van der Waals surface area contributed by atoms with Gasteiger partial charge in [-0.2, -0.15) is 0 Å². The van der Waals surface area contributed by atoms with Gasteiger partial charge in [0.1, 0.15) is 12.1 Å². The molecule has 1 unspecified atom stereocenters. The van der Waals surface area contributed by atoms with Crippen molar-refractivity contribution < 1.29 is 9.53 Å². The van der Waals surface area contributed by atoms with E-state index in [1.165, 1.54) is 0 Å². The average Bonchev–Trinajstić information content (AvgIpc) is 2.35. The lowest BCUT2D eigenvalue weighted by Crippen LogP contribution is -2.38. The second-order valence-electron chi connectivity index (χ2n) is 3.40. The fourth-order valence-corrected chi connectivity index (χ4v) is 1.46. The maximum atomic E-state index is 12.0. The molecule has 1 rings (SSSR count). The third kappa shape index (κ3) is 3.22. The normalized spacial score (nSPS) is 12.2. The standard InChI is InChI=1S/C12H16ClNO2/c1-3-11(13)12(15)14(9-16-2)10-7-5-4-6-8-10/h4-8,11H,3,9H2,1-2H3. The number of ether oxygens (including phenoxy) is 1. The molecule has 0 aliphatic heterocycles. The summed E-state index contributed by atoms with van der Waals surface area (Å²) in [4.78, 5) is 13.5. The predicted molar refractivity (Wildman–Crippen MR) is 65.7 cm³/mol. The van der Waals surface area contributed by atoms with Crippen LogP contribution in [0.15, 0.2) is 30.3 Å². The number of methoxy groups -OCH3 is 1. The number of para-hydroxylation sites is 1. The molecule has 0 aromatic heterocycles. The lowest BCUT2D eigenvalue weighted by Gasteiger charge is -2.23. The zero-order chi connectivity index (χ0) is 12.0. The average molecular weight is 242 g/mol. The van der Waals surface area contributed by atoms with Crippen LogP contribution in [0.5, 0.6) is 0 Å². The minimum absolute atomic E-state index is 0.128. The van der Waals surface area contributed by atoms with Crippen LogP contribution in [-0.2, 0) is 9.53 Å².